The van der Waals surface area contributed by atoms with E-state index in [1.807, 2.05) is 0 Å². The number of nitrogens with zero attached hydrogens (tertiary/aromatic N) is 1. The molecule has 1 aliphatic carbocycles. The van der Waals surface area contributed by atoms with E-state index in [0.29, 0.717) is 42.9 Å². The third kappa shape index (κ3) is 4.08. The molecular formula is C18H26N2O4S. The van der Waals surface area contributed by atoms with Crippen molar-refractivity contribution in [3.05, 3.63) is 18.2 Å². The van der Waals surface area contributed by atoms with Gasteiger partial charge in [0.25, 0.3) is 0 Å². The van der Waals surface area contributed by atoms with Crippen LogP contribution >= 0.6 is 0 Å². The zero-order chi connectivity index (χ0) is 17.9. The van der Waals surface area contributed by atoms with Crippen molar-refractivity contribution in [2.75, 3.05) is 23.3 Å². The lowest BCUT2D eigenvalue weighted by Gasteiger charge is -2.28. The summed E-state index contributed by atoms with van der Waals surface area (Å²) in [7, 11) is -1.86. The van der Waals surface area contributed by atoms with Crippen LogP contribution in [0.5, 0.6) is 5.75 Å². The highest BCUT2D eigenvalue weighted by Gasteiger charge is 2.28. The number of benzene rings is 1. The fourth-order valence-corrected chi connectivity index (χ4v) is 5.22. The maximum atomic E-state index is 12.6. The van der Waals surface area contributed by atoms with E-state index in [-0.39, 0.29) is 11.2 Å². The van der Waals surface area contributed by atoms with E-state index in [0.717, 1.165) is 32.1 Å². The molecule has 1 aromatic carbocycles. The van der Waals surface area contributed by atoms with Gasteiger partial charge in [-0.05, 0) is 37.8 Å². The molecule has 1 aromatic rings. The van der Waals surface area contributed by atoms with E-state index >= 15 is 0 Å². The summed E-state index contributed by atoms with van der Waals surface area (Å²) in [6, 6.07) is 5.14. The van der Waals surface area contributed by atoms with Crippen molar-refractivity contribution in [2.24, 2.45) is 0 Å². The second-order valence-electron chi connectivity index (χ2n) is 6.80. The third-order valence-corrected chi connectivity index (χ3v) is 6.91. The topological polar surface area (TPSA) is 75.7 Å². The number of anilines is 2. The minimum atomic E-state index is -3.40. The molecule has 3 rings (SSSR count). The Bertz CT molecular complexity index is 727. The summed E-state index contributed by atoms with van der Waals surface area (Å²) in [5, 5.41) is -0.324. The van der Waals surface area contributed by atoms with Crippen LogP contribution in [0.1, 0.15) is 51.4 Å². The van der Waals surface area contributed by atoms with Gasteiger partial charge >= 0.3 is 0 Å². The summed E-state index contributed by atoms with van der Waals surface area (Å²) < 4.78 is 33.3. The maximum absolute atomic E-state index is 12.6. The average molecular weight is 366 g/mol. The van der Waals surface area contributed by atoms with Crippen molar-refractivity contribution < 1.29 is 17.9 Å². The number of hydrogen-bond donors (Lipinski definition) is 1. The largest absolute Gasteiger partial charge is 0.494 e. The predicted molar refractivity (Wildman–Crippen MR) is 98.6 cm³/mol. The van der Waals surface area contributed by atoms with Gasteiger partial charge in [-0.1, -0.05) is 19.3 Å². The molecule has 1 N–H and O–H groups in total. The molecule has 0 radical (unpaired) electrons. The van der Waals surface area contributed by atoms with E-state index in [9.17, 15) is 13.2 Å². The van der Waals surface area contributed by atoms with Gasteiger partial charge in [0.15, 0.2) is 0 Å². The SMILES string of the molecule is COc1cc(NS(=O)(=O)C2CCCCC2)ccc1N1CCCCC1=O. The molecule has 25 heavy (non-hydrogen) atoms. The van der Waals surface area contributed by atoms with Crippen LogP contribution in [0.15, 0.2) is 18.2 Å². The first-order valence-corrected chi connectivity index (χ1v) is 10.6. The lowest BCUT2D eigenvalue weighted by Crippen LogP contribution is -2.35. The first-order chi connectivity index (χ1) is 12.0. The van der Waals surface area contributed by atoms with Crippen LogP contribution in [-0.2, 0) is 14.8 Å². The van der Waals surface area contributed by atoms with E-state index < -0.39 is 10.0 Å². The van der Waals surface area contributed by atoms with Crippen molar-refractivity contribution >= 4 is 27.3 Å². The summed E-state index contributed by atoms with van der Waals surface area (Å²) in [6.07, 6.45) is 6.88. The summed E-state index contributed by atoms with van der Waals surface area (Å²) in [5.41, 5.74) is 1.18. The molecule has 1 heterocycles. The van der Waals surface area contributed by atoms with Gasteiger partial charge in [0, 0.05) is 19.0 Å². The van der Waals surface area contributed by atoms with Crippen LogP contribution in [0, 0.1) is 0 Å². The molecule has 0 spiro atoms. The van der Waals surface area contributed by atoms with Gasteiger partial charge in [0.1, 0.15) is 5.75 Å². The zero-order valence-electron chi connectivity index (χ0n) is 14.7. The molecule has 2 aliphatic rings. The Balaban J connectivity index is 1.80. The number of methoxy groups -OCH3 is 1. The average Bonchev–Trinajstić information content (AvgIpc) is 2.63. The minimum Gasteiger partial charge on any atom is -0.494 e. The fraction of sp³-hybridized carbons (Fsp3) is 0.611. The highest BCUT2D eigenvalue weighted by molar-refractivity contribution is 7.93. The van der Waals surface area contributed by atoms with Crippen molar-refractivity contribution in [3.8, 4) is 5.75 Å². The Morgan fingerprint density at radius 1 is 1.12 bits per heavy atom. The highest BCUT2D eigenvalue weighted by Crippen LogP contribution is 2.34. The Labute approximate surface area is 149 Å². The second-order valence-corrected chi connectivity index (χ2v) is 8.76. The number of hydrogen-bond acceptors (Lipinski definition) is 4. The van der Waals surface area contributed by atoms with Crippen LogP contribution in [0.4, 0.5) is 11.4 Å². The van der Waals surface area contributed by atoms with Crippen molar-refractivity contribution in [2.45, 2.75) is 56.6 Å². The van der Waals surface area contributed by atoms with Gasteiger partial charge in [-0.3, -0.25) is 9.52 Å². The van der Waals surface area contributed by atoms with E-state index in [2.05, 4.69) is 4.72 Å². The van der Waals surface area contributed by atoms with Crippen LogP contribution in [0.3, 0.4) is 0 Å². The summed E-state index contributed by atoms with van der Waals surface area (Å²) in [5.74, 6) is 0.596. The molecule has 138 valence electrons. The molecule has 0 aromatic heterocycles. The lowest BCUT2D eigenvalue weighted by molar-refractivity contribution is -0.119. The summed E-state index contributed by atoms with van der Waals surface area (Å²) in [6.45, 7) is 0.669. The fourth-order valence-electron chi connectivity index (χ4n) is 3.65. The molecule has 0 unspecified atom stereocenters. The number of amides is 1. The van der Waals surface area contributed by atoms with E-state index in [1.54, 1.807) is 23.1 Å². The molecule has 0 bridgehead atoms. The molecule has 2 fully saturated rings. The van der Waals surface area contributed by atoms with Crippen LogP contribution in [-0.4, -0.2) is 33.2 Å². The molecule has 1 amide bonds. The Morgan fingerprint density at radius 3 is 2.56 bits per heavy atom. The highest BCUT2D eigenvalue weighted by atomic mass is 32.2. The van der Waals surface area contributed by atoms with E-state index in [4.69, 9.17) is 4.74 Å². The zero-order valence-corrected chi connectivity index (χ0v) is 15.5. The number of sulfonamides is 1. The van der Waals surface area contributed by atoms with Gasteiger partial charge in [-0.2, -0.15) is 0 Å². The smallest absolute Gasteiger partial charge is 0.235 e. The number of ether oxygens (including phenoxy) is 1. The summed E-state index contributed by atoms with van der Waals surface area (Å²) >= 11 is 0. The quantitative estimate of drug-likeness (QED) is 0.868. The molecule has 1 aliphatic heterocycles. The van der Waals surface area contributed by atoms with Crippen molar-refractivity contribution in [1.82, 2.24) is 0 Å². The second kappa shape index (κ2) is 7.64. The third-order valence-electron chi connectivity index (χ3n) is 5.05. The van der Waals surface area contributed by atoms with Gasteiger partial charge in [-0.25, -0.2) is 8.42 Å². The summed E-state index contributed by atoms with van der Waals surface area (Å²) in [4.78, 5) is 13.9. The van der Waals surface area contributed by atoms with Crippen molar-refractivity contribution in [3.63, 3.8) is 0 Å². The molecule has 0 atom stereocenters. The number of nitrogens with one attached hydrogen (secondary N) is 1. The number of piperidine rings is 1. The number of rotatable bonds is 5. The monoisotopic (exact) mass is 366 g/mol. The first kappa shape index (κ1) is 18.0. The Hall–Kier alpha value is -1.76. The lowest BCUT2D eigenvalue weighted by atomic mass is 10.0. The van der Waals surface area contributed by atoms with Crippen LogP contribution in [0.25, 0.3) is 0 Å². The number of carbonyl (C=O) groups excluding carboxylic acids is 1. The normalized spacial score (nSPS) is 19.7. The first-order valence-electron chi connectivity index (χ1n) is 9.01. The standard InChI is InChI=1S/C18H26N2O4S/c1-24-17-13-14(19-25(22,23)15-7-3-2-4-8-15)10-11-16(17)20-12-6-5-9-18(20)21/h10-11,13,15,19H,2-9,12H2,1H3. The van der Waals surface area contributed by atoms with Crippen molar-refractivity contribution in [1.29, 1.82) is 0 Å². The van der Waals surface area contributed by atoms with Crippen LogP contribution < -0.4 is 14.4 Å². The maximum Gasteiger partial charge on any atom is 0.235 e. The Morgan fingerprint density at radius 2 is 1.88 bits per heavy atom. The molecule has 6 nitrogen and oxygen atoms in total. The molecule has 1 saturated heterocycles. The Kier molecular flexibility index (Phi) is 5.51. The van der Waals surface area contributed by atoms with E-state index in [1.165, 1.54) is 7.11 Å². The molecule has 1 saturated carbocycles. The minimum absolute atomic E-state index is 0.0834. The van der Waals surface area contributed by atoms with Gasteiger partial charge < -0.3 is 9.64 Å². The molecular weight excluding hydrogens is 340 g/mol. The predicted octanol–water partition coefficient (Wildman–Crippen LogP) is 3.29. The van der Waals surface area contributed by atoms with Crippen LogP contribution in [0.2, 0.25) is 0 Å². The van der Waals surface area contributed by atoms with Gasteiger partial charge in [-0.15, -0.1) is 0 Å². The number of carbonyl (C=O) groups is 1. The van der Waals surface area contributed by atoms with Gasteiger partial charge in [0.2, 0.25) is 15.9 Å². The van der Waals surface area contributed by atoms with Gasteiger partial charge in [0.05, 0.1) is 23.7 Å². The molecule has 7 heteroatoms.